The van der Waals surface area contributed by atoms with Crippen LogP contribution in [-0.2, 0) is 4.79 Å². The average Bonchev–Trinajstić information content (AvgIpc) is 2.83. The summed E-state index contributed by atoms with van der Waals surface area (Å²) in [4.78, 5) is 41.4. The third kappa shape index (κ3) is 5.19. The molecule has 1 fully saturated rings. The van der Waals surface area contributed by atoms with Crippen molar-refractivity contribution in [2.24, 2.45) is 5.92 Å². The maximum atomic E-state index is 13.0. The summed E-state index contributed by atoms with van der Waals surface area (Å²) in [7, 11) is 6.42. The van der Waals surface area contributed by atoms with Crippen LogP contribution in [0.5, 0.6) is 11.5 Å². The summed E-state index contributed by atoms with van der Waals surface area (Å²) in [6.45, 7) is 0.934. The molecule has 0 aliphatic carbocycles. The number of piperidine rings is 1. The van der Waals surface area contributed by atoms with Gasteiger partial charge in [0, 0.05) is 44.7 Å². The van der Waals surface area contributed by atoms with E-state index in [1.807, 2.05) is 0 Å². The number of benzene rings is 2. The van der Waals surface area contributed by atoms with E-state index in [0.29, 0.717) is 54.2 Å². The van der Waals surface area contributed by atoms with Gasteiger partial charge in [-0.3, -0.25) is 14.4 Å². The molecule has 8 heteroatoms. The molecule has 0 saturated carbocycles. The molecule has 0 spiro atoms. The van der Waals surface area contributed by atoms with Crippen LogP contribution in [0, 0.1) is 5.92 Å². The Labute approximate surface area is 188 Å². The second kappa shape index (κ2) is 10.2. The predicted molar refractivity (Wildman–Crippen MR) is 121 cm³/mol. The number of para-hydroxylation sites is 1. The number of amides is 3. The minimum absolute atomic E-state index is 0.122. The van der Waals surface area contributed by atoms with E-state index in [1.165, 1.54) is 19.1 Å². The van der Waals surface area contributed by atoms with Gasteiger partial charge in [0.05, 0.1) is 25.5 Å². The van der Waals surface area contributed by atoms with Gasteiger partial charge in [-0.25, -0.2) is 0 Å². The van der Waals surface area contributed by atoms with E-state index in [4.69, 9.17) is 9.47 Å². The first-order valence-electron chi connectivity index (χ1n) is 10.5. The number of carbonyl (C=O) groups excluding carboxylic acids is 3. The lowest BCUT2D eigenvalue weighted by Gasteiger charge is -2.31. The van der Waals surface area contributed by atoms with E-state index in [1.54, 1.807) is 61.5 Å². The lowest BCUT2D eigenvalue weighted by molar-refractivity contribution is -0.121. The zero-order valence-electron chi connectivity index (χ0n) is 18.9. The number of nitrogens with zero attached hydrogens (tertiary/aromatic N) is 2. The highest BCUT2D eigenvalue weighted by molar-refractivity contribution is 6.04. The molecule has 0 atom stereocenters. The van der Waals surface area contributed by atoms with Crippen LogP contribution in [0.3, 0.4) is 0 Å². The third-order valence-corrected chi connectivity index (χ3v) is 5.57. The largest absolute Gasteiger partial charge is 0.497 e. The number of nitrogens with one attached hydrogen (secondary N) is 1. The van der Waals surface area contributed by atoms with E-state index in [9.17, 15) is 14.4 Å². The van der Waals surface area contributed by atoms with Gasteiger partial charge in [0.1, 0.15) is 11.5 Å². The maximum Gasteiger partial charge on any atom is 0.255 e. The Balaban J connectivity index is 1.63. The van der Waals surface area contributed by atoms with E-state index in [-0.39, 0.29) is 23.6 Å². The van der Waals surface area contributed by atoms with Crippen LogP contribution in [0.4, 0.5) is 5.69 Å². The van der Waals surface area contributed by atoms with Crippen molar-refractivity contribution < 1.29 is 23.9 Å². The molecule has 1 heterocycles. The number of carbonyl (C=O) groups is 3. The molecule has 0 aromatic heterocycles. The molecule has 1 aliphatic rings. The monoisotopic (exact) mass is 439 g/mol. The molecule has 1 N–H and O–H groups in total. The minimum Gasteiger partial charge on any atom is -0.497 e. The van der Waals surface area contributed by atoms with Crippen molar-refractivity contribution in [2.75, 3.05) is 46.7 Å². The van der Waals surface area contributed by atoms with Gasteiger partial charge in [-0.1, -0.05) is 12.1 Å². The van der Waals surface area contributed by atoms with Crippen molar-refractivity contribution >= 4 is 23.4 Å². The average molecular weight is 440 g/mol. The van der Waals surface area contributed by atoms with Gasteiger partial charge < -0.3 is 24.6 Å². The van der Waals surface area contributed by atoms with Crippen molar-refractivity contribution in [3.8, 4) is 11.5 Å². The number of likely N-dealkylation sites (tertiary alicyclic amines) is 1. The number of ether oxygens (including phenoxy) is 2. The normalized spacial score (nSPS) is 13.9. The first kappa shape index (κ1) is 23.1. The molecule has 32 heavy (non-hydrogen) atoms. The number of rotatable bonds is 6. The molecular formula is C24H29N3O5. The molecule has 1 saturated heterocycles. The molecule has 3 rings (SSSR count). The van der Waals surface area contributed by atoms with E-state index in [2.05, 4.69) is 5.32 Å². The van der Waals surface area contributed by atoms with E-state index in [0.717, 1.165) is 0 Å². The highest BCUT2D eigenvalue weighted by Gasteiger charge is 2.29. The third-order valence-electron chi connectivity index (χ3n) is 5.57. The Morgan fingerprint density at radius 1 is 0.969 bits per heavy atom. The lowest BCUT2D eigenvalue weighted by atomic mass is 9.95. The summed E-state index contributed by atoms with van der Waals surface area (Å²) >= 11 is 0. The van der Waals surface area contributed by atoms with Crippen LogP contribution in [0.2, 0.25) is 0 Å². The van der Waals surface area contributed by atoms with Crippen molar-refractivity contribution in [1.82, 2.24) is 9.80 Å². The maximum absolute atomic E-state index is 13.0. The van der Waals surface area contributed by atoms with Crippen LogP contribution in [0.15, 0.2) is 42.5 Å². The smallest absolute Gasteiger partial charge is 0.255 e. The van der Waals surface area contributed by atoms with Gasteiger partial charge >= 0.3 is 0 Å². The first-order valence-corrected chi connectivity index (χ1v) is 10.5. The minimum atomic E-state index is -0.235. The second-order valence-electron chi connectivity index (χ2n) is 7.90. The lowest BCUT2D eigenvalue weighted by Crippen LogP contribution is -2.41. The van der Waals surface area contributed by atoms with Crippen LogP contribution < -0.4 is 14.8 Å². The zero-order chi connectivity index (χ0) is 23.3. The van der Waals surface area contributed by atoms with Crippen LogP contribution >= 0.6 is 0 Å². The summed E-state index contributed by atoms with van der Waals surface area (Å²) in [6, 6.07) is 12.1. The van der Waals surface area contributed by atoms with Gasteiger partial charge in [-0.05, 0) is 37.1 Å². The second-order valence-corrected chi connectivity index (χ2v) is 7.90. The number of hydrogen-bond acceptors (Lipinski definition) is 5. The molecule has 0 radical (unpaired) electrons. The molecule has 3 amide bonds. The first-order chi connectivity index (χ1) is 15.3. The van der Waals surface area contributed by atoms with E-state index >= 15 is 0 Å². The molecule has 0 bridgehead atoms. The predicted octanol–water partition coefficient (Wildman–Crippen LogP) is 2.90. The zero-order valence-corrected chi connectivity index (χ0v) is 18.9. The topological polar surface area (TPSA) is 88.2 Å². The Kier molecular flexibility index (Phi) is 7.35. The summed E-state index contributed by atoms with van der Waals surface area (Å²) in [5.41, 5.74) is 1.43. The highest BCUT2D eigenvalue weighted by atomic mass is 16.5. The van der Waals surface area contributed by atoms with Crippen molar-refractivity contribution in [3.05, 3.63) is 53.6 Å². The van der Waals surface area contributed by atoms with Crippen molar-refractivity contribution in [2.45, 2.75) is 12.8 Å². The Morgan fingerprint density at radius 2 is 1.56 bits per heavy atom. The van der Waals surface area contributed by atoms with Crippen LogP contribution in [0.1, 0.15) is 33.6 Å². The fraction of sp³-hybridized carbons (Fsp3) is 0.375. The Bertz CT molecular complexity index is 975. The summed E-state index contributed by atoms with van der Waals surface area (Å²) < 4.78 is 10.5. The molecule has 2 aromatic rings. The number of anilines is 1. The number of methoxy groups -OCH3 is 2. The van der Waals surface area contributed by atoms with Gasteiger partial charge in [-0.2, -0.15) is 0 Å². The summed E-state index contributed by atoms with van der Waals surface area (Å²) in [6.07, 6.45) is 1.09. The fourth-order valence-electron chi connectivity index (χ4n) is 3.71. The Hall–Kier alpha value is -3.55. The highest BCUT2D eigenvalue weighted by Crippen LogP contribution is 2.26. The SMILES string of the molecule is COc1cc(OC)cc(C(=O)N2CCC(C(=O)Nc3ccccc3C(=O)N(C)C)CC2)c1. The molecule has 0 unspecified atom stereocenters. The number of hydrogen-bond donors (Lipinski definition) is 1. The van der Waals surface area contributed by atoms with Gasteiger partial charge in [0.25, 0.3) is 11.8 Å². The van der Waals surface area contributed by atoms with E-state index < -0.39 is 0 Å². The molecular weight excluding hydrogens is 410 g/mol. The van der Waals surface area contributed by atoms with Crippen molar-refractivity contribution in [3.63, 3.8) is 0 Å². The Morgan fingerprint density at radius 3 is 2.12 bits per heavy atom. The standard InChI is InChI=1S/C24H29N3O5/c1-26(2)24(30)20-7-5-6-8-21(20)25-22(28)16-9-11-27(12-10-16)23(29)17-13-18(31-3)15-19(14-17)32-4/h5-8,13-16H,9-12H2,1-4H3,(H,25,28). The molecule has 170 valence electrons. The fourth-order valence-corrected chi connectivity index (χ4v) is 3.71. The quantitative estimate of drug-likeness (QED) is 0.748. The summed E-state index contributed by atoms with van der Waals surface area (Å²) in [5.74, 6) is 0.430. The van der Waals surface area contributed by atoms with Gasteiger partial charge in [0.2, 0.25) is 5.91 Å². The van der Waals surface area contributed by atoms with Crippen molar-refractivity contribution in [1.29, 1.82) is 0 Å². The van der Waals surface area contributed by atoms with Crippen LogP contribution in [-0.4, -0.2) is 68.9 Å². The van der Waals surface area contributed by atoms with Gasteiger partial charge in [-0.15, -0.1) is 0 Å². The van der Waals surface area contributed by atoms with Gasteiger partial charge in [0.15, 0.2) is 0 Å². The molecule has 2 aromatic carbocycles. The molecule has 8 nitrogen and oxygen atoms in total. The summed E-state index contributed by atoms with van der Waals surface area (Å²) in [5, 5.41) is 2.90. The molecule has 1 aliphatic heterocycles. The van der Waals surface area contributed by atoms with Crippen LogP contribution in [0.25, 0.3) is 0 Å².